The van der Waals surface area contributed by atoms with Crippen LogP contribution in [0.1, 0.15) is 32.2 Å². The van der Waals surface area contributed by atoms with Crippen molar-refractivity contribution in [1.82, 2.24) is 20.1 Å². The fourth-order valence-electron chi connectivity index (χ4n) is 3.03. The molecule has 2 fully saturated rings. The number of thioether (sulfide) groups is 1. The van der Waals surface area contributed by atoms with E-state index >= 15 is 0 Å². The number of nitrogens with one attached hydrogen (secondary N) is 1. The third kappa shape index (κ3) is 3.81. The van der Waals surface area contributed by atoms with Crippen molar-refractivity contribution in [1.29, 1.82) is 0 Å². The van der Waals surface area contributed by atoms with Crippen molar-refractivity contribution in [3.63, 3.8) is 0 Å². The van der Waals surface area contributed by atoms with Gasteiger partial charge in [-0.25, -0.2) is 8.42 Å². The van der Waals surface area contributed by atoms with E-state index < -0.39 is 9.84 Å². The first-order valence-corrected chi connectivity index (χ1v) is 12.2. The average Bonchev–Trinajstić information content (AvgIpc) is 2.98. The Hall–Kier alpha value is -1.39. The summed E-state index contributed by atoms with van der Waals surface area (Å²) in [5.74, 6) is 0.899. The number of rotatable bonds is 6. The van der Waals surface area contributed by atoms with Gasteiger partial charge >= 0.3 is 0 Å². The molecule has 26 heavy (non-hydrogen) atoms. The first-order valence-electron chi connectivity index (χ1n) is 8.59. The molecule has 0 spiro atoms. The summed E-state index contributed by atoms with van der Waals surface area (Å²) in [4.78, 5) is 13.5. The highest BCUT2D eigenvalue weighted by Gasteiger charge is 2.33. The predicted molar refractivity (Wildman–Crippen MR) is 102 cm³/mol. The normalized spacial score (nSPS) is 23.0. The highest BCUT2D eigenvalue weighted by atomic mass is 32.2. The number of hydrogen-bond acceptors (Lipinski definition) is 7. The van der Waals surface area contributed by atoms with Gasteiger partial charge in [0.15, 0.2) is 20.8 Å². The van der Waals surface area contributed by atoms with E-state index in [9.17, 15) is 13.2 Å². The molecule has 0 radical (unpaired) electrons. The van der Waals surface area contributed by atoms with E-state index in [1.807, 2.05) is 24.4 Å². The minimum Gasteiger partial charge on any atom is -0.351 e. The maximum atomic E-state index is 12.5. The van der Waals surface area contributed by atoms with Gasteiger partial charge in [-0.15, -0.1) is 21.5 Å². The number of thiophene rings is 1. The number of carbonyl (C=O) groups is 1. The van der Waals surface area contributed by atoms with Crippen molar-refractivity contribution in [2.75, 3.05) is 11.5 Å². The van der Waals surface area contributed by atoms with Crippen molar-refractivity contribution >= 4 is 38.8 Å². The largest absolute Gasteiger partial charge is 0.351 e. The summed E-state index contributed by atoms with van der Waals surface area (Å²) in [6.45, 7) is 1.82. The highest BCUT2D eigenvalue weighted by molar-refractivity contribution is 8.00. The monoisotopic (exact) mass is 412 g/mol. The molecule has 0 aromatic carbocycles. The van der Waals surface area contributed by atoms with Gasteiger partial charge in [0.05, 0.1) is 21.6 Å². The zero-order valence-electron chi connectivity index (χ0n) is 14.3. The Labute approximate surface area is 160 Å². The van der Waals surface area contributed by atoms with Crippen LogP contribution in [0.5, 0.6) is 0 Å². The second-order valence-corrected chi connectivity index (χ2v) is 11.2. The molecular weight excluding hydrogens is 392 g/mol. The number of carbonyl (C=O) groups excluding carboxylic acids is 1. The van der Waals surface area contributed by atoms with Crippen molar-refractivity contribution in [2.45, 2.75) is 48.7 Å². The van der Waals surface area contributed by atoms with Crippen LogP contribution in [0.3, 0.4) is 0 Å². The number of amides is 1. The molecule has 2 aliphatic rings. The van der Waals surface area contributed by atoms with Gasteiger partial charge in [-0.1, -0.05) is 17.8 Å². The fraction of sp³-hybridized carbons (Fsp3) is 0.562. The molecule has 3 heterocycles. The molecular formula is C16H20N4O3S3. The molecule has 0 unspecified atom stereocenters. The van der Waals surface area contributed by atoms with Gasteiger partial charge in [0, 0.05) is 12.1 Å². The number of hydrogen-bond donors (Lipinski definition) is 1. The van der Waals surface area contributed by atoms with Gasteiger partial charge in [0.1, 0.15) is 0 Å². The van der Waals surface area contributed by atoms with Crippen molar-refractivity contribution in [2.24, 2.45) is 0 Å². The second kappa shape index (κ2) is 6.97. The van der Waals surface area contributed by atoms with E-state index in [1.165, 1.54) is 11.8 Å². The number of nitrogens with zero attached hydrogens (tertiary/aromatic N) is 3. The second-order valence-electron chi connectivity index (χ2n) is 6.75. The van der Waals surface area contributed by atoms with E-state index in [1.54, 1.807) is 11.3 Å². The molecule has 2 aromatic rings. The van der Waals surface area contributed by atoms with Crippen LogP contribution in [0, 0.1) is 0 Å². The third-order valence-electron chi connectivity index (χ3n) is 4.55. The van der Waals surface area contributed by atoms with E-state index in [-0.39, 0.29) is 28.7 Å². The van der Waals surface area contributed by atoms with Gasteiger partial charge in [0.2, 0.25) is 5.91 Å². The van der Waals surface area contributed by atoms with Gasteiger partial charge in [-0.05, 0) is 37.6 Å². The van der Waals surface area contributed by atoms with Crippen molar-refractivity contribution in [3.05, 3.63) is 17.5 Å². The topological polar surface area (TPSA) is 93.9 Å². The molecule has 1 saturated heterocycles. The van der Waals surface area contributed by atoms with Crippen LogP contribution in [0.15, 0.2) is 22.7 Å². The molecule has 2 atom stereocenters. The lowest BCUT2D eigenvalue weighted by atomic mass is 10.2. The summed E-state index contributed by atoms with van der Waals surface area (Å²) in [5, 5.41) is 13.9. The van der Waals surface area contributed by atoms with Crippen LogP contribution in [0.2, 0.25) is 0 Å². The Balaban J connectivity index is 1.46. The van der Waals surface area contributed by atoms with E-state index in [4.69, 9.17) is 0 Å². The summed E-state index contributed by atoms with van der Waals surface area (Å²) in [6.07, 6.45) is 2.70. The van der Waals surface area contributed by atoms with E-state index in [2.05, 4.69) is 20.1 Å². The van der Waals surface area contributed by atoms with Gasteiger partial charge in [-0.2, -0.15) is 0 Å². The fourth-order valence-corrected chi connectivity index (χ4v) is 6.34. The molecule has 1 N–H and O–H groups in total. The smallest absolute Gasteiger partial charge is 0.233 e. The molecule has 4 rings (SSSR count). The zero-order chi connectivity index (χ0) is 18.3. The van der Waals surface area contributed by atoms with Crippen LogP contribution in [0.4, 0.5) is 0 Å². The maximum absolute atomic E-state index is 12.5. The Morgan fingerprint density at radius 1 is 1.38 bits per heavy atom. The van der Waals surface area contributed by atoms with Crippen molar-refractivity contribution in [3.8, 4) is 10.7 Å². The Bertz CT molecular complexity index is 903. The number of aromatic nitrogens is 3. The lowest BCUT2D eigenvalue weighted by molar-refractivity contribution is -0.120. The highest BCUT2D eigenvalue weighted by Crippen LogP contribution is 2.42. The van der Waals surface area contributed by atoms with E-state index in [0.717, 1.165) is 28.7 Å². The first-order chi connectivity index (χ1) is 12.4. The van der Waals surface area contributed by atoms with Crippen LogP contribution in [-0.4, -0.2) is 51.9 Å². The molecule has 1 amide bonds. The molecule has 2 aromatic heterocycles. The lowest BCUT2D eigenvalue weighted by Gasteiger charge is -2.16. The lowest BCUT2D eigenvalue weighted by Crippen LogP contribution is -2.40. The predicted octanol–water partition coefficient (Wildman–Crippen LogP) is 2.13. The Kier molecular flexibility index (Phi) is 4.83. The number of sulfone groups is 1. The Morgan fingerprint density at radius 3 is 2.81 bits per heavy atom. The van der Waals surface area contributed by atoms with Gasteiger partial charge in [-0.3, -0.25) is 9.36 Å². The molecule has 7 nitrogen and oxygen atoms in total. The summed E-state index contributed by atoms with van der Waals surface area (Å²) >= 11 is 3.01. The molecule has 1 aliphatic carbocycles. The standard InChI is InChI=1S/C16H20N4O3S3/c1-10(15(21)17-11-6-8-26(22,23)9-11)25-16-19-18-14(13-3-2-7-24-13)20(16)12-4-5-12/h2-3,7,10-12H,4-6,8-9H2,1H3,(H,17,21)/t10-,11+/m0/s1. The SMILES string of the molecule is C[C@H](Sc1nnc(-c2cccs2)n1C1CC1)C(=O)N[C@@H]1CCS(=O)(=O)C1. The van der Waals surface area contributed by atoms with Crippen LogP contribution >= 0.6 is 23.1 Å². The van der Waals surface area contributed by atoms with Crippen LogP contribution in [-0.2, 0) is 14.6 Å². The maximum Gasteiger partial charge on any atom is 0.233 e. The third-order valence-corrected chi connectivity index (χ3v) is 8.24. The quantitative estimate of drug-likeness (QED) is 0.731. The van der Waals surface area contributed by atoms with E-state index in [0.29, 0.717) is 12.5 Å². The zero-order valence-corrected chi connectivity index (χ0v) is 16.7. The Morgan fingerprint density at radius 2 is 2.19 bits per heavy atom. The summed E-state index contributed by atoms with van der Waals surface area (Å²) in [7, 11) is -3.00. The molecule has 1 saturated carbocycles. The van der Waals surface area contributed by atoms with Crippen LogP contribution in [0.25, 0.3) is 10.7 Å². The molecule has 1 aliphatic heterocycles. The summed E-state index contributed by atoms with van der Waals surface area (Å²) in [5.41, 5.74) is 0. The first kappa shape index (κ1) is 18.0. The molecule has 0 bridgehead atoms. The molecule has 10 heteroatoms. The minimum absolute atomic E-state index is 0.0386. The van der Waals surface area contributed by atoms with Crippen LogP contribution < -0.4 is 5.32 Å². The average molecular weight is 413 g/mol. The summed E-state index contributed by atoms with van der Waals surface area (Å²) < 4.78 is 25.2. The van der Waals surface area contributed by atoms with Crippen molar-refractivity contribution < 1.29 is 13.2 Å². The molecule has 140 valence electrons. The van der Waals surface area contributed by atoms with Gasteiger partial charge in [0.25, 0.3) is 0 Å². The summed E-state index contributed by atoms with van der Waals surface area (Å²) in [6, 6.07) is 4.14. The minimum atomic E-state index is -3.00. The van der Waals surface area contributed by atoms with Gasteiger partial charge < -0.3 is 5.32 Å².